The molecule has 0 spiro atoms. The molecule has 0 bridgehead atoms. The van der Waals surface area contributed by atoms with E-state index in [2.05, 4.69) is 0 Å². The zero-order valence-corrected chi connectivity index (χ0v) is 11.8. The van der Waals surface area contributed by atoms with Crippen molar-refractivity contribution in [1.82, 2.24) is 4.40 Å². The average Bonchev–Trinajstić information content (AvgIpc) is 2.55. The zero-order chi connectivity index (χ0) is 16.6. The second kappa shape index (κ2) is 5.64. The number of hydrogen-bond acceptors (Lipinski definition) is 3. The maximum absolute atomic E-state index is 13.4. The van der Waals surface area contributed by atoms with Gasteiger partial charge in [-0.05, 0) is 29.8 Å². The summed E-state index contributed by atoms with van der Waals surface area (Å²) >= 11 is 0. The Hall–Kier alpha value is -3.02. The molecule has 0 fully saturated rings. The minimum atomic E-state index is -1.01. The SMILES string of the molecule is O=Cc1c(O)n2ccccc2c(Cc2ccc(F)c(F)c2)c1=O. The van der Waals surface area contributed by atoms with E-state index in [0.717, 1.165) is 12.1 Å². The molecular weight excluding hydrogens is 304 g/mol. The van der Waals surface area contributed by atoms with E-state index in [4.69, 9.17) is 0 Å². The molecule has 2 aromatic heterocycles. The van der Waals surface area contributed by atoms with Crippen molar-refractivity contribution in [3.8, 4) is 5.88 Å². The number of nitrogens with zero attached hydrogens (tertiary/aromatic N) is 1. The molecule has 0 unspecified atom stereocenters. The van der Waals surface area contributed by atoms with Gasteiger partial charge in [-0.25, -0.2) is 8.78 Å². The Morgan fingerprint density at radius 2 is 1.91 bits per heavy atom. The molecule has 0 radical (unpaired) electrons. The highest BCUT2D eigenvalue weighted by Gasteiger charge is 2.17. The minimum absolute atomic E-state index is 0.00463. The first-order valence-corrected chi connectivity index (χ1v) is 6.77. The van der Waals surface area contributed by atoms with Crippen molar-refractivity contribution in [3.05, 3.63) is 81.1 Å². The Morgan fingerprint density at radius 3 is 2.61 bits per heavy atom. The van der Waals surface area contributed by atoms with E-state index in [1.807, 2.05) is 0 Å². The highest BCUT2D eigenvalue weighted by atomic mass is 19.2. The second-order valence-corrected chi connectivity index (χ2v) is 5.04. The topological polar surface area (TPSA) is 58.8 Å². The molecular formula is C17H11F2NO3. The Balaban J connectivity index is 2.26. The summed E-state index contributed by atoms with van der Waals surface area (Å²) in [5.74, 6) is -2.44. The molecule has 1 N–H and O–H groups in total. The van der Waals surface area contributed by atoms with E-state index in [-0.39, 0.29) is 23.8 Å². The Kier molecular flexibility index (Phi) is 3.65. The third-order valence-electron chi connectivity index (χ3n) is 3.64. The molecule has 0 saturated heterocycles. The summed E-state index contributed by atoms with van der Waals surface area (Å²) in [6.45, 7) is 0. The standard InChI is InChI=1S/C17H11F2NO3/c18-13-5-4-10(8-14(13)19)7-11-15-3-1-2-6-20(15)17(23)12(9-21)16(11)22/h1-6,8-9,23H,7H2. The summed E-state index contributed by atoms with van der Waals surface area (Å²) in [6.07, 6.45) is 1.79. The maximum atomic E-state index is 13.4. The van der Waals surface area contributed by atoms with Gasteiger partial charge in [0.25, 0.3) is 0 Å². The molecule has 0 atom stereocenters. The predicted octanol–water partition coefficient (Wildman–Crippen LogP) is 2.69. The molecule has 0 aliphatic rings. The van der Waals surface area contributed by atoms with Crippen LogP contribution >= 0.6 is 0 Å². The number of carbonyl (C=O) groups excluding carboxylic acids is 1. The highest BCUT2D eigenvalue weighted by Crippen LogP contribution is 2.21. The van der Waals surface area contributed by atoms with Gasteiger partial charge >= 0.3 is 0 Å². The number of carbonyl (C=O) groups is 1. The van der Waals surface area contributed by atoms with Crippen molar-refractivity contribution in [2.24, 2.45) is 0 Å². The van der Waals surface area contributed by atoms with Gasteiger partial charge in [-0.1, -0.05) is 12.1 Å². The molecule has 2 heterocycles. The lowest BCUT2D eigenvalue weighted by atomic mass is 10.0. The Labute approximate surface area is 129 Å². The van der Waals surface area contributed by atoms with Crippen molar-refractivity contribution >= 4 is 11.8 Å². The van der Waals surface area contributed by atoms with Crippen molar-refractivity contribution in [2.45, 2.75) is 6.42 Å². The number of benzene rings is 1. The number of aromatic nitrogens is 1. The molecule has 3 aromatic rings. The van der Waals surface area contributed by atoms with Gasteiger partial charge in [0, 0.05) is 18.2 Å². The van der Waals surface area contributed by atoms with E-state index >= 15 is 0 Å². The van der Waals surface area contributed by atoms with Crippen molar-refractivity contribution in [3.63, 3.8) is 0 Å². The van der Waals surface area contributed by atoms with Gasteiger partial charge in [0.2, 0.25) is 5.88 Å². The van der Waals surface area contributed by atoms with E-state index in [9.17, 15) is 23.5 Å². The van der Waals surface area contributed by atoms with Crippen LogP contribution in [0.3, 0.4) is 0 Å². The van der Waals surface area contributed by atoms with Gasteiger partial charge in [0.05, 0.1) is 5.52 Å². The van der Waals surface area contributed by atoms with Gasteiger partial charge in [-0.2, -0.15) is 0 Å². The summed E-state index contributed by atoms with van der Waals surface area (Å²) in [4.78, 5) is 23.5. The molecule has 0 aliphatic carbocycles. The molecule has 6 heteroatoms. The monoisotopic (exact) mass is 315 g/mol. The summed E-state index contributed by atoms with van der Waals surface area (Å²) in [7, 11) is 0. The molecule has 0 amide bonds. The number of aromatic hydroxyl groups is 1. The lowest BCUT2D eigenvalue weighted by Gasteiger charge is -2.11. The molecule has 0 saturated carbocycles. The van der Waals surface area contributed by atoms with Crippen LogP contribution < -0.4 is 5.43 Å². The largest absolute Gasteiger partial charge is 0.494 e. The quantitative estimate of drug-likeness (QED) is 0.756. The average molecular weight is 315 g/mol. The van der Waals surface area contributed by atoms with E-state index < -0.39 is 22.9 Å². The number of pyridine rings is 2. The van der Waals surface area contributed by atoms with Crippen molar-refractivity contribution < 1.29 is 18.7 Å². The van der Waals surface area contributed by atoms with Gasteiger partial charge in [-0.3, -0.25) is 14.0 Å². The van der Waals surface area contributed by atoms with Crippen LogP contribution in [0.4, 0.5) is 8.78 Å². The fourth-order valence-electron chi connectivity index (χ4n) is 2.51. The number of rotatable bonds is 3. The van der Waals surface area contributed by atoms with E-state index in [0.29, 0.717) is 11.1 Å². The van der Waals surface area contributed by atoms with Crippen LogP contribution in [0.15, 0.2) is 47.4 Å². The number of fused-ring (bicyclic) bond motifs is 1. The summed E-state index contributed by atoms with van der Waals surface area (Å²) < 4.78 is 27.7. The van der Waals surface area contributed by atoms with Gasteiger partial charge in [0.1, 0.15) is 5.56 Å². The van der Waals surface area contributed by atoms with Crippen molar-refractivity contribution in [2.75, 3.05) is 0 Å². The van der Waals surface area contributed by atoms with Crippen LogP contribution in [0, 0.1) is 11.6 Å². The normalized spacial score (nSPS) is 10.9. The molecule has 23 heavy (non-hydrogen) atoms. The predicted molar refractivity (Wildman–Crippen MR) is 79.9 cm³/mol. The molecule has 1 aromatic carbocycles. The molecule has 4 nitrogen and oxygen atoms in total. The third-order valence-corrected chi connectivity index (χ3v) is 3.64. The minimum Gasteiger partial charge on any atom is -0.494 e. The van der Waals surface area contributed by atoms with E-state index in [1.165, 1.54) is 16.7 Å². The van der Waals surface area contributed by atoms with Crippen LogP contribution in [0.2, 0.25) is 0 Å². The number of hydrogen-bond donors (Lipinski definition) is 1. The van der Waals surface area contributed by atoms with Gasteiger partial charge < -0.3 is 5.11 Å². The first-order chi connectivity index (χ1) is 11.0. The number of aldehydes is 1. The fourth-order valence-corrected chi connectivity index (χ4v) is 2.51. The summed E-state index contributed by atoms with van der Waals surface area (Å²) in [6, 6.07) is 8.25. The van der Waals surface area contributed by atoms with Crippen LogP contribution in [0.5, 0.6) is 5.88 Å². The summed E-state index contributed by atoms with van der Waals surface area (Å²) in [5, 5.41) is 10.0. The van der Waals surface area contributed by atoms with Crippen LogP contribution in [-0.4, -0.2) is 15.8 Å². The Morgan fingerprint density at radius 1 is 1.13 bits per heavy atom. The maximum Gasteiger partial charge on any atom is 0.210 e. The van der Waals surface area contributed by atoms with Gasteiger partial charge in [-0.15, -0.1) is 0 Å². The third kappa shape index (κ3) is 2.48. The lowest BCUT2D eigenvalue weighted by Crippen LogP contribution is -2.18. The van der Waals surface area contributed by atoms with Gasteiger partial charge in [0.15, 0.2) is 23.3 Å². The zero-order valence-electron chi connectivity index (χ0n) is 11.8. The second-order valence-electron chi connectivity index (χ2n) is 5.04. The summed E-state index contributed by atoms with van der Waals surface area (Å²) in [5.41, 5.74) is -0.00384. The fraction of sp³-hybridized carbons (Fsp3) is 0.0588. The highest BCUT2D eigenvalue weighted by molar-refractivity contribution is 5.80. The molecule has 116 valence electrons. The van der Waals surface area contributed by atoms with Crippen molar-refractivity contribution in [1.29, 1.82) is 0 Å². The molecule has 0 aliphatic heterocycles. The lowest BCUT2D eigenvalue weighted by molar-refractivity contribution is 0.111. The first-order valence-electron chi connectivity index (χ1n) is 6.77. The molecule has 3 rings (SSSR count). The van der Waals surface area contributed by atoms with Crippen LogP contribution in [0.1, 0.15) is 21.5 Å². The first kappa shape index (κ1) is 14.9. The van der Waals surface area contributed by atoms with Crippen LogP contribution in [0.25, 0.3) is 5.52 Å². The smallest absolute Gasteiger partial charge is 0.210 e. The number of halogens is 2. The van der Waals surface area contributed by atoms with E-state index in [1.54, 1.807) is 18.2 Å². The van der Waals surface area contributed by atoms with Crippen LogP contribution in [-0.2, 0) is 6.42 Å². The Bertz CT molecular complexity index is 979.